The summed E-state index contributed by atoms with van der Waals surface area (Å²) >= 11 is 0. The fourth-order valence-corrected chi connectivity index (χ4v) is 0.638. The second-order valence-corrected chi connectivity index (χ2v) is 2.82. The first kappa shape index (κ1) is 12.0. The van der Waals surface area contributed by atoms with E-state index < -0.39 is 17.5 Å². The van der Waals surface area contributed by atoms with Crippen molar-refractivity contribution in [1.82, 2.24) is 0 Å². The average Bonchev–Trinajstić information content (AvgIpc) is 2.11. The molecule has 0 fully saturated rings. The number of nitriles is 1. The second kappa shape index (κ2) is 4.91. The van der Waals surface area contributed by atoms with Gasteiger partial charge in [-0.1, -0.05) is 5.11 Å². The lowest BCUT2D eigenvalue weighted by Gasteiger charge is -2.11. The van der Waals surface area contributed by atoms with Gasteiger partial charge in [0.1, 0.15) is 0 Å². The monoisotopic (exact) mass is 198 g/mol. The van der Waals surface area contributed by atoms with Crippen LogP contribution in [0.1, 0.15) is 19.8 Å². The number of urea groups is 1. The average molecular weight is 198 g/mol. The van der Waals surface area contributed by atoms with Gasteiger partial charge in [-0.3, -0.25) is 4.79 Å². The summed E-state index contributed by atoms with van der Waals surface area (Å²) in [5.41, 5.74) is 3.37. The highest BCUT2D eigenvalue weighted by Crippen LogP contribution is 2.16. The fourth-order valence-electron chi connectivity index (χ4n) is 0.638. The van der Waals surface area contributed by atoms with Crippen LogP contribution in [-0.4, -0.2) is 22.6 Å². The Labute approximate surface area is 80.2 Å². The Bertz CT molecular complexity index is 307. The Kier molecular flexibility index (Phi) is 4.22. The Hall–Kier alpha value is -1.97. The maximum absolute atomic E-state index is 10.2. The summed E-state index contributed by atoms with van der Waals surface area (Å²) in [6.07, 6.45) is -0.239. The Morgan fingerprint density at radius 3 is 2.57 bits per heavy atom. The highest BCUT2D eigenvalue weighted by Gasteiger charge is 2.24. The van der Waals surface area contributed by atoms with Crippen LogP contribution in [0, 0.1) is 11.3 Å². The van der Waals surface area contributed by atoms with E-state index in [9.17, 15) is 9.59 Å². The van der Waals surface area contributed by atoms with Crippen LogP contribution >= 0.6 is 0 Å². The molecule has 0 aromatic heterocycles. The lowest BCUT2D eigenvalue weighted by molar-refractivity contribution is -0.137. The number of amides is 2. The van der Waals surface area contributed by atoms with Crippen LogP contribution in [0.4, 0.5) is 4.79 Å². The van der Waals surface area contributed by atoms with Crippen LogP contribution in [0.2, 0.25) is 0 Å². The van der Waals surface area contributed by atoms with E-state index in [1.165, 1.54) is 6.92 Å². The van der Waals surface area contributed by atoms with Gasteiger partial charge in [0.15, 0.2) is 5.54 Å². The number of carboxylic acid groups (broad SMARTS) is 1. The van der Waals surface area contributed by atoms with Gasteiger partial charge >= 0.3 is 12.0 Å². The van der Waals surface area contributed by atoms with E-state index >= 15 is 0 Å². The minimum Gasteiger partial charge on any atom is -0.481 e. The molecule has 0 rings (SSSR count). The highest BCUT2D eigenvalue weighted by molar-refractivity contribution is 5.72. The zero-order chi connectivity index (χ0) is 11.2. The number of rotatable bonds is 4. The molecule has 0 aliphatic rings. The third kappa shape index (κ3) is 4.82. The predicted octanol–water partition coefficient (Wildman–Crippen LogP) is 0.664. The van der Waals surface area contributed by atoms with Gasteiger partial charge in [0.2, 0.25) is 0 Å². The summed E-state index contributed by atoms with van der Waals surface area (Å²) in [7, 11) is 0. The molecule has 0 radical (unpaired) electrons. The molecule has 0 aromatic rings. The zero-order valence-electron chi connectivity index (χ0n) is 7.60. The number of primary amides is 1. The van der Waals surface area contributed by atoms with Crippen LogP contribution in [0.25, 0.3) is 0 Å². The van der Waals surface area contributed by atoms with Crippen molar-refractivity contribution in [1.29, 1.82) is 5.26 Å². The maximum Gasteiger partial charge on any atom is 0.356 e. The van der Waals surface area contributed by atoms with Crippen molar-refractivity contribution in [3.63, 3.8) is 0 Å². The number of carboxylic acids is 1. The normalized spacial score (nSPS) is 14.6. The lowest BCUT2D eigenvalue weighted by atomic mass is 9.99. The Morgan fingerprint density at radius 1 is 1.64 bits per heavy atom. The smallest absolute Gasteiger partial charge is 0.356 e. The molecule has 14 heavy (non-hydrogen) atoms. The molecule has 7 heteroatoms. The summed E-state index contributed by atoms with van der Waals surface area (Å²) in [4.78, 5) is 20.5. The summed E-state index contributed by atoms with van der Waals surface area (Å²) in [5, 5.41) is 23.4. The fraction of sp³-hybridized carbons (Fsp3) is 0.571. The van der Waals surface area contributed by atoms with Crippen molar-refractivity contribution in [2.24, 2.45) is 16.0 Å². The van der Waals surface area contributed by atoms with Crippen molar-refractivity contribution < 1.29 is 14.7 Å². The molecule has 2 amide bonds. The SMILES string of the molecule is CC(C#N)(CCC(=O)O)N=NC(N)=O. The number of nitrogens with zero attached hydrogens (tertiary/aromatic N) is 3. The summed E-state index contributed by atoms with van der Waals surface area (Å²) in [6, 6.07) is 0.745. The minimum atomic E-state index is -1.31. The van der Waals surface area contributed by atoms with Crippen LogP contribution in [0.15, 0.2) is 10.2 Å². The molecular weight excluding hydrogens is 188 g/mol. The van der Waals surface area contributed by atoms with Crippen LogP contribution in [0.5, 0.6) is 0 Å². The minimum absolute atomic E-state index is 0.0182. The first-order valence-electron chi connectivity index (χ1n) is 3.75. The molecule has 1 atom stereocenters. The number of hydrogen-bond acceptors (Lipinski definition) is 4. The molecule has 0 spiro atoms. The Morgan fingerprint density at radius 2 is 2.21 bits per heavy atom. The van der Waals surface area contributed by atoms with Crippen LogP contribution in [-0.2, 0) is 4.79 Å². The molecule has 0 heterocycles. The third-order valence-corrected chi connectivity index (χ3v) is 1.44. The van der Waals surface area contributed by atoms with E-state index in [0.29, 0.717) is 0 Å². The first-order valence-corrected chi connectivity index (χ1v) is 3.75. The van der Waals surface area contributed by atoms with Crippen molar-refractivity contribution >= 4 is 12.0 Å². The molecule has 0 saturated heterocycles. The van der Waals surface area contributed by atoms with Crippen molar-refractivity contribution in [2.45, 2.75) is 25.3 Å². The number of aliphatic carboxylic acids is 1. The van der Waals surface area contributed by atoms with Gasteiger partial charge in [-0.25, -0.2) is 4.79 Å². The van der Waals surface area contributed by atoms with E-state index in [0.717, 1.165) is 0 Å². The van der Waals surface area contributed by atoms with E-state index in [2.05, 4.69) is 16.0 Å². The number of nitrogens with two attached hydrogens (primary N) is 1. The van der Waals surface area contributed by atoms with Crippen molar-refractivity contribution in [3.05, 3.63) is 0 Å². The van der Waals surface area contributed by atoms with Gasteiger partial charge in [-0.15, -0.1) is 0 Å². The van der Waals surface area contributed by atoms with Gasteiger partial charge in [0.25, 0.3) is 0 Å². The van der Waals surface area contributed by atoms with E-state index in [-0.39, 0.29) is 12.8 Å². The van der Waals surface area contributed by atoms with E-state index in [1.54, 1.807) is 6.07 Å². The molecule has 0 saturated carbocycles. The zero-order valence-corrected chi connectivity index (χ0v) is 7.60. The molecule has 1 unspecified atom stereocenters. The quantitative estimate of drug-likeness (QED) is 0.642. The molecule has 0 aliphatic heterocycles. The third-order valence-electron chi connectivity index (χ3n) is 1.44. The number of azo groups is 1. The number of carbonyl (C=O) groups excluding carboxylic acids is 1. The Balaban J connectivity index is 4.42. The number of carbonyl (C=O) groups is 2. The van der Waals surface area contributed by atoms with Gasteiger partial charge < -0.3 is 10.8 Å². The molecule has 76 valence electrons. The molecule has 0 aromatic carbocycles. The van der Waals surface area contributed by atoms with Gasteiger partial charge in [-0.05, 0) is 13.3 Å². The summed E-state index contributed by atoms with van der Waals surface area (Å²) < 4.78 is 0. The maximum atomic E-state index is 10.2. The van der Waals surface area contributed by atoms with Crippen LogP contribution < -0.4 is 5.73 Å². The van der Waals surface area contributed by atoms with E-state index in [4.69, 9.17) is 10.4 Å². The van der Waals surface area contributed by atoms with Gasteiger partial charge in [-0.2, -0.15) is 10.4 Å². The predicted molar refractivity (Wildman–Crippen MR) is 45.3 cm³/mol. The largest absolute Gasteiger partial charge is 0.481 e. The number of hydrogen-bond donors (Lipinski definition) is 2. The summed E-state index contributed by atoms with van der Waals surface area (Å²) in [6.45, 7) is 1.38. The molecular formula is C7H10N4O3. The van der Waals surface area contributed by atoms with Crippen molar-refractivity contribution in [3.8, 4) is 6.07 Å². The van der Waals surface area contributed by atoms with E-state index in [1.807, 2.05) is 0 Å². The summed E-state index contributed by atoms with van der Waals surface area (Å²) in [5.74, 6) is -1.04. The molecule has 3 N–H and O–H groups in total. The highest BCUT2D eigenvalue weighted by atomic mass is 16.4. The topological polar surface area (TPSA) is 129 Å². The standard InChI is InChI=1S/C7H10N4O3/c1-7(4-8,3-2-5(12)13)11-10-6(9)14/h2-3H2,1H3,(H2,9,14)(H,12,13). The van der Waals surface area contributed by atoms with Gasteiger partial charge in [0, 0.05) is 6.42 Å². The van der Waals surface area contributed by atoms with Gasteiger partial charge in [0.05, 0.1) is 6.07 Å². The molecule has 0 bridgehead atoms. The van der Waals surface area contributed by atoms with Crippen molar-refractivity contribution in [2.75, 3.05) is 0 Å². The first-order chi connectivity index (χ1) is 6.39. The van der Waals surface area contributed by atoms with Crippen LogP contribution in [0.3, 0.4) is 0 Å². The molecule has 0 aliphatic carbocycles. The second-order valence-electron chi connectivity index (χ2n) is 2.82. The lowest BCUT2D eigenvalue weighted by Crippen LogP contribution is -2.21. The molecule has 7 nitrogen and oxygen atoms in total.